The average molecular weight is 203 g/mol. The van der Waals surface area contributed by atoms with Crippen LogP contribution in [0.1, 0.15) is 34.1 Å². The summed E-state index contributed by atoms with van der Waals surface area (Å²) in [6.45, 7) is 9.47. The fourth-order valence-corrected chi connectivity index (χ4v) is 1.88. The van der Waals surface area contributed by atoms with E-state index in [1.807, 2.05) is 20.8 Å². The van der Waals surface area contributed by atoms with Gasteiger partial charge in [0.05, 0.1) is 18.5 Å². The standard InChI is InChI=1S/C9H16FNO.C2H6/c1-3-11-5-4-8(6-10)9(11)7(2)12;1-2/h6-7,9,12H,3-5H2,1-2H3;1-2H3/b8-6-;/t7-,9+;/m0./s1. The maximum atomic E-state index is 12.3. The van der Waals surface area contributed by atoms with Crippen molar-refractivity contribution in [2.75, 3.05) is 13.1 Å². The van der Waals surface area contributed by atoms with Crippen LogP contribution in [0.4, 0.5) is 4.39 Å². The first-order chi connectivity index (χ1) is 6.70. The summed E-state index contributed by atoms with van der Waals surface area (Å²) in [5.41, 5.74) is 0.729. The molecule has 3 heteroatoms. The van der Waals surface area contributed by atoms with E-state index >= 15 is 0 Å². The number of halogens is 1. The van der Waals surface area contributed by atoms with Crippen molar-refractivity contribution in [3.63, 3.8) is 0 Å². The molecule has 0 amide bonds. The largest absolute Gasteiger partial charge is 0.391 e. The molecule has 0 saturated carbocycles. The van der Waals surface area contributed by atoms with Gasteiger partial charge in [-0.25, -0.2) is 4.39 Å². The predicted molar refractivity (Wildman–Crippen MR) is 57.9 cm³/mol. The molecule has 0 aromatic rings. The van der Waals surface area contributed by atoms with Gasteiger partial charge >= 0.3 is 0 Å². The van der Waals surface area contributed by atoms with E-state index < -0.39 is 6.10 Å². The zero-order chi connectivity index (χ0) is 11.1. The molecule has 0 radical (unpaired) electrons. The van der Waals surface area contributed by atoms with Crippen LogP contribution in [-0.2, 0) is 0 Å². The average Bonchev–Trinajstić information content (AvgIpc) is 2.63. The Hall–Kier alpha value is -0.410. The fourth-order valence-electron chi connectivity index (χ4n) is 1.88. The van der Waals surface area contributed by atoms with Gasteiger partial charge in [0.15, 0.2) is 0 Å². The lowest BCUT2D eigenvalue weighted by Gasteiger charge is -2.25. The minimum atomic E-state index is -0.477. The van der Waals surface area contributed by atoms with Crippen molar-refractivity contribution in [3.8, 4) is 0 Å². The van der Waals surface area contributed by atoms with Crippen molar-refractivity contribution in [2.24, 2.45) is 0 Å². The molecule has 1 aliphatic rings. The number of likely N-dealkylation sites (tertiary alicyclic amines) is 1. The Morgan fingerprint density at radius 3 is 2.57 bits per heavy atom. The Morgan fingerprint density at radius 2 is 2.21 bits per heavy atom. The summed E-state index contributed by atoms with van der Waals surface area (Å²) in [5, 5.41) is 9.41. The van der Waals surface area contributed by atoms with Gasteiger partial charge in [0.1, 0.15) is 0 Å². The van der Waals surface area contributed by atoms with Crippen molar-refractivity contribution in [3.05, 3.63) is 11.9 Å². The van der Waals surface area contributed by atoms with Crippen LogP contribution in [0.3, 0.4) is 0 Å². The number of aliphatic hydroxyl groups is 1. The lowest BCUT2D eigenvalue weighted by Crippen LogP contribution is -2.38. The van der Waals surface area contributed by atoms with E-state index in [4.69, 9.17) is 0 Å². The fraction of sp³-hybridized carbons (Fsp3) is 0.818. The van der Waals surface area contributed by atoms with Crippen LogP contribution >= 0.6 is 0 Å². The van der Waals surface area contributed by atoms with Crippen molar-refractivity contribution in [1.29, 1.82) is 0 Å². The van der Waals surface area contributed by atoms with Gasteiger partial charge in [-0.05, 0) is 25.5 Å². The highest BCUT2D eigenvalue weighted by molar-refractivity contribution is 5.15. The Balaban J connectivity index is 0.000000791. The molecule has 2 nitrogen and oxygen atoms in total. The Labute approximate surface area is 86.4 Å². The third-order valence-corrected chi connectivity index (χ3v) is 2.46. The zero-order valence-electron chi connectivity index (χ0n) is 9.63. The summed E-state index contributed by atoms with van der Waals surface area (Å²) in [6, 6.07) is -0.0972. The number of hydrogen-bond donors (Lipinski definition) is 1. The van der Waals surface area contributed by atoms with E-state index in [9.17, 15) is 9.50 Å². The van der Waals surface area contributed by atoms with Crippen LogP contribution in [0.25, 0.3) is 0 Å². The summed E-state index contributed by atoms with van der Waals surface area (Å²) in [7, 11) is 0. The van der Waals surface area contributed by atoms with E-state index in [2.05, 4.69) is 4.90 Å². The normalized spacial score (nSPS) is 27.3. The molecule has 2 atom stereocenters. The van der Waals surface area contributed by atoms with Gasteiger partial charge in [-0.15, -0.1) is 0 Å². The van der Waals surface area contributed by atoms with Crippen molar-refractivity contribution in [1.82, 2.24) is 4.90 Å². The quantitative estimate of drug-likeness (QED) is 0.744. The topological polar surface area (TPSA) is 23.5 Å². The first kappa shape index (κ1) is 13.6. The number of likely N-dealkylation sites (N-methyl/N-ethyl adjacent to an activating group) is 1. The molecule has 0 aromatic carbocycles. The second-order valence-electron chi connectivity index (χ2n) is 3.25. The minimum Gasteiger partial charge on any atom is -0.391 e. The number of aliphatic hydroxyl groups excluding tert-OH is 1. The molecule has 84 valence electrons. The van der Waals surface area contributed by atoms with Crippen LogP contribution in [-0.4, -0.2) is 35.2 Å². The predicted octanol–water partition coefficient (Wildman–Crippen LogP) is 2.34. The van der Waals surface area contributed by atoms with Gasteiger partial charge in [0.25, 0.3) is 0 Å². The highest BCUT2D eigenvalue weighted by Gasteiger charge is 2.31. The monoisotopic (exact) mass is 203 g/mol. The van der Waals surface area contributed by atoms with E-state index in [0.29, 0.717) is 6.33 Å². The highest BCUT2D eigenvalue weighted by atomic mass is 19.1. The summed E-state index contributed by atoms with van der Waals surface area (Å²) in [5.74, 6) is 0. The maximum Gasteiger partial charge on any atom is 0.0876 e. The first-order valence-electron chi connectivity index (χ1n) is 5.42. The van der Waals surface area contributed by atoms with Crippen molar-refractivity contribution >= 4 is 0 Å². The lowest BCUT2D eigenvalue weighted by atomic mass is 10.1. The van der Waals surface area contributed by atoms with Gasteiger partial charge in [-0.2, -0.15) is 0 Å². The lowest BCUT2D eigenvalue weighted by molar-refractivity contribution is 0.104. The SMILES string of the molecule is CC.CCN1CC/C(=C/F)[C@H]1[C@H](C)O. The van der Waals surface area contributed by atoms with E-state index in [0.717, 1.165) is 25.1 Å². The van der Waals surface area contributed by atoms with Crippen LogP contribution < -0.4 is 0 Å². The molecule has 0 unspecified atom stereocenters. The van der Waals surface area contributed by atoms with E-state index in [1.165, 1.54) is 0 Å². The van der Waals surface area contributed by atoms with Gasteiger partial charge in [-0.1, -0.05) is 20.8 Å². The van der Waals surface area contributed by atoms with Crippen molar-refractivity contribution < 1.29 is 9.50 Å². The summed E-state index contributed by atoms with van der Waals surface area (Å²) >= 11 is 0. The molecule has 1 saturated heterocycles. The molecular weight excluding hydrogens is 181 g/mol. The Morgan fingerprint density at radius 1 is 1.64 bits per heavy atom. The van der Waals surface area contributed by atoms with Crippen LogP contribution in [0, 0.1) is 0 Å². The van der Waals surface area contributed by atoms with E-state index in [-0.39, 0.29) is 6.04 Å². The first-order valence-corrected chi connectivity index (χ1v) is 5.42. The van der Waals surface area contributed by atoms with Gasteiger partial charge < -0.3 is 5.11 Å². The van der Waals surface area contributed by atoms with Gasteiger partial charge in [-0.3, -0.25) is 4.90 Å². The third-order valence-electron chi connectivity index (χ3n) is 2.46. The Kier molecular flexibility index (Phi) is 6.75. The molecule has 1 N–H and O–H groups in total. The number of rotatable bonds is 2. The van der Waals surface area contributed by atoms with Crippen LogP contribution in [0.2, 0.25) is 0 Å². The summed E-state index contributed by atoms with van der Waals surface area (Å²) in [4.78, 5) is 2.09. The van der Waals surface area contributed by atoms with Crippen LogP contribution in [0.5, 0.6) is 0 Å². The molecule has 1 aliphatic heterocycles. The molecule has 0 aromatic heterocycles. The zero-order valence-corrected chi connectivity index (χ0v) is 9.63. The summed E-state index contributed by atoms with van der Waals surface area (Å²) in [6.07, 6.45) is 0.918. The van der Waals surface area contributed by atoms with Crippen LogP contribution in [0.15, 0.2) is 11.9 Å². The molecule has 1 heterocycles. The van der Waals surface area contributed by atoms with Gasteiger partial charge in [0.2, 0.25) is 0 Å². The number of nitrogens with zero attached hydrogens (tertiary/aromatic N) is 1. The molecular formula is C11H22FNO. The molecule has 0 spiro atoms. The minimum absolute atomic E-state index is 0.0972. The highest BCUT2D eigenvalue weighted by Crippen LogP contribution is 2.25. The van der Waals surface area contributed by atoms with E-state index in [1.54, 1.807) is 6.92 Å². The number of hydrogen-bond acceptors (Lipinski definition) is 2. The molecule has 14 heavy (non-hydrogen) atoms. The Bertz CT molecular complexity index is 180. The molecule has 1 fully saturated rings. The third kappa shape index (κ3) is 3.07. The van der Waals surface area contributed by atoms with Crippen molar-refractivity contribution in [2.45, 2.75) is 46.3 Å². The smallest absolute Gasteiger partial charge is 0.0876 e. The molecule has 0 aliphatic carbocycles. The molecule has 1 rings (SSSR count). The molecule has 0 bridgehead atoms. The van der Waals surface area contributed by atoms with Gasteiger partial charge in [0, 0.05) is 6.54 Å². The second-order valence-corrected chi connectivity index (χ2v) is 3.25. The maximum absolute atomic E-state index is 12.3. The summed E-state index contributed by atoms with van der Waals surface area (Å²) < 4.78 is 12.3. The second kappa shape index (κ2) is 6.96.